The minimum atomic E-state index is -0.280. The van der Waals surface area contributed by atoms with Crippen LogP contribution >= 0.6 is 23.4 Å². The predicted octanol–water partition coefficient (Wildman–Crippen LogP) is 1.60. The van der Waals surface area contributed by atoms with Gasteiger partial charge in [0.1, 0.15) is 5.02 Å². The van der Waals surface area contributed by atoms with Crippen LogP contribution in [0.15, 0.2) is 11.0 Å². The third-order valence-corrected chi connectivity index (χ3v) is 3.10. The molecule has 0 saturated heterocycles. The molecule has 0 fully saturated rings. The molecule has 1 rings (SSSR count). The van der Waals surface area contributed by atoms with Crippen molar-refractivity contribution in [2.75, 3.05) is 17.3 Å². The van der Waals surface area contributed by atoms with E-state index in [2.05, 4.69) is 10.4 Å². The molecule has 84 valence electrons. The van der Waals surface area contributed by atoms with Gasteiger partial charge >= 0.3 is 0 Å². The smallest absolute Gasteiger partial charge is 0.287 e. The predicted molar refractivity (Wildman–Crippen MR) is 66.0 cm³/mol. The number of hydrogen-bond donors (Lipinski definition) is 1. The lowest BCUT2D eigenvalue weighted by Gasteiger charge is -2.14. The van der Waals surface area contributed by atoms with Crippen molar-refractivity contribution in [3.63, 3.8) is 0 Å². The third kappa shape index (κ3) is 3.14. The molecule has 1 N–H and O–H groups in total. The highest BCUT2D eigenvalue weighted by molar-refractivity contribution is 7.98. The Morgan fingerprint density at radius 1 is 1.73 bits per heavy atom. The van der Waals surface area contributed by atoms with Crippen molar-refractivity contribution in [2.45, 2.75) is 13.0 Å². The molecule has 0 radical (unpaired) electrons. The third-order valence-electron chi connectivity index (χ3n) is 1.90. The van der Waals surface area contributed by atoms with Crippen molar-refractivity contribution < 1.29 is 0 Å². The first-order chi connectivity index (χ1) is 7.06. The Labute approximate surface area is 98.0 Å². The maximum atomic E-state index is 11.5. The van der Waals surface area contributed by atoms with Crippen LogP contribution in [0.1, 0.15) is 6.92 Å². The van der Waals surface area contributed by atoms with Gasteiger partial charge in [-0.25, -0.2) is 4.68 Å². The molecule has 1 heterocycles. The van der Waals surface area contributed by atoms with Crippen LogP contribution in [0.5, 0.6) is 0 Å². The van der Waals surface area contributed by atoms with Gasteiger partial charge in [0.2, 0.25) is 0 Å². The first-order valence-electron chi connectivity index (χ1n) is 4.53. The van der Waals surface area contributed by atoms with Gasteiger partial charge in [0, 0.05) is 18.8 Å². The Bertz CT molecular complexity index is 393. The van der Waals surface area contributed by atoms with E-state index in [1.807, 2.05) is 13.2 Å². The Kier molecular flexibility index (Phi) is 4.47. The highest BCUT2D eigenvalue weighted by Crippen LogP contribution is 2.16. The molecule has 1 unspecified atom stereocenters. The summed E-state index contributed by atoms with van der Waals surface area (Å²) < 4.78 is 1.22. The van der Waals surface area contributed by atoms with Crippen molar-refractivity contribution in [3.05, 3.63) is 21.6 Å². The molecule has 0 bridgehead atoms. The lowest BCUT2D eigenvalue weighted by atomic mass is 10.3. The van der Waals surface area contributed by atoms with Crippen LogP contribution in [-0.2, 0) is 7.05 Å². The van der Waals surface area contributed by atoms with E-state index in [0.717, 1.165) is 5.75 Å². The van der Waals surface area contributed by atoms with Crippen molar-refractivity contribution in [2.24, 2.45) is 7.05 Å². The highest BCUT2D eigenvalue weighted by atomic mass is 35.5. The molecule has 1 aromatic rings. The molecule has 15 heavy (non-hydrogen) atoms. The van der Waals surface area contributed by atoms with Gasteiger partial charge in [-0.2, -0.15) is 16.9 Å². The molecule has 1 atom stereocenters. The Morgan fingerprint density at radius 2 is 2.40 bits per heavy atom. The molecule has 0 aromatic carbocycles. The number of thioether (sulfide) groups is 1. The first-order valence-corrected chi connectivity index (χ1v) is 6.30. The number of aryl methyl sites for hydroxylation is 1. The summed E-state index contributed by atoms with van der Waals surface area (Å²) in [5.41, 5.74) is 0.319. The minimum Gasteiger partial charge on any atom is -0.379 e. The fraction of sp³-hybridized carbons (Fsp3) is 0.556. The van der Waals surface area contributed by atoms with Gasteiger partial charge in [0.05, 0.1) is 11.9 Å². The van der Waals surface area contributed by atoms with Gasteiger partial charge in [-0.3, -0.25) is 4.79 Å². The quantitative estimate of drug-likeness (QED) is 0.878. The summed E-state index contributed by atoms with van der Waals surface area (Å²) in [5.74, 6) is 0.950. The van der Waals surface area contributed by atoms with Gasteiger partial charge in [-0.05, 0) is 13.2 Å². The van der Waals surface area contributed by atoms with Crippen LogP contribution < -0.4 is 10.9 Å². The monoisotopic (exact) mass is 247 g/mol. The van der Waals surface area contributed by atoms with Crippen LogP contribution in [-0.4, -0.2) is 27.8 Å². The van der Waals surface area contributed by atoms with E-state index in [1.165, 1.54) is 4.68 Å². The Balaban J connectivity index is 2.87. The van der Waals surface area contributed by atoms with E-state index in [1.54, 1.807) is 25.0 Å². The van der Waals surface area contributed by atoms with Gasteiger partial charge in [-0.15, -0.1) is 0 Å². The maximum Gasteiger partial charge on any atom is 0.287 e. The van der Waals surface area contributed by atoms with Gasteiger partial charge in [-0.1, -0.05) is 11.6 Å². The lowest BCUT2D eigenvalue weighted by Crippen LogP contribution is -2.24. The van der Waals surface area contributed by atoms with E-state index < -0.39 is 0 Å². The van der Waals surface area contributed by atoms with E-state index in [-0.39, 0.29) is 16.6 Å². The molecule has 0 saturated carbocycles. The molecule has 0 aliphatic rings. The summed E-state index contributed by atoms with van der Waals surface area (Å²) in [7, 11) is 1.57. The Hall–Kier alpha value is -0.680. The van der Waals surface area contributed by atoms with Crippen LogP contribution in [0.3, 0.4) is 0 Å². The molecule has 1 aromatic heterocycles. The summed E-state index contributed by atoms with van der Waals surface area (Å²) in [4.78, 5) is 11.5. The summed E-state index contributed by atoms with van der Waals surface area (Å²) in [6, 6.07) is 0.256. The molecule has 0 aliphatic carbocycles. The highest BCUT2D eigenvalue weighted by Gasteiger charge is 2.09. The van der Waals surface area contributed by atoms with Gasteiger partial charge < -0.3 is 5.32 Å². The van der Waals surface area contributed by atoms with Gasteiger partial charge in [0.15, 0.2) is 0 Å². The molecular weight excluding hydrogens is 234 g/mol. The topological polar surface area (TPSA) is 46.9 Å². The molecule has 0 spiro atoms. The molecule has 4 nitrogen and oxygen atoms in total. The Morgan fingerprint density at radius 3 is 3.00 bits per heavy atom. The molecule has 0 amide bonds. The normalized spacial score (nSPS) is 12.5. The number of rotatable bonds is 4. The van der Waals surface area contributed by atoms with Crippen molar-refractivity contribution in [1.82, 2.24) is 9.78 Å². The van der Waals surface area contributed by atoms with Crippen molar-refractivity contribution >= 4 is 29.1 Å². The molecular formula is C9H14ClN3OS. The summed E-state index contributed by atoms with van der Waals surface area (Å²) in [6.07, 6.45) is 3.60. The SMILES string of the molecule is CSCC(C)Nc1cnn(C)c(=O)c1Cl. The second-order valence-corrected chi connectivity index (χ2v) is 4.59. The van der Waals surface area contributed by atoms with Crippen LogP contribution in [0.25, 0.3) is 0 Å². The fourth-order valence-corrected chi connectivity index (χ4v) is 1.98. The first kappa shape index (κ1) is 12.4. The minimum absolute atomic E-state index is 0.195. The average molecular weight is 248 g/mol. The average Bonchev–Trinajstić information content (AvgIpc) is 2.20. The number of aromatic nitrogens is 2. The van der Waals surface area contributed by atoms with Crippen LogP contribution in [0, 0.1) is 0 Å². The fourth-order valence-electron chi connectivity index (χ4n) is 1.17. The molecule has 6 heteroatoms. The lowest BCUT2D eigenvalue weighted by molar-refractivity contribution is 0.707. The van der Waals surface area contributed by atoms with E-state index in [9.17, 15) is 4.79 Å². The van der Waals surface area contributed by atoms with Crippen molar-refractivity contribution in [3.8, 4) is 0 Å². The zero-order valence-corrected chi connectivity index (χ0v) is 10.5. The number of hydrogen-bond acceptors (Lipinski definition) is 4. The van der Waals surface area contributed by atoms with Gasteiger partial charge in [0.25, 0.3) is 5.56 Å². The number of nitrogens with zero attached hydrogens (tertiary/aromatic N) is 2. The van der Waals surface area contributed by atoms with Crippen LogP contribution in [0.2, 0.25) is 5.02 Å². The zero-order chi connectivity index (χ0) is 11.4. The second kappa shape index (κ2) is 5.42. The summed E-state index contributed by atoms with van der Waals surface area (Å²) >= 11 is 7.63. The number of anilines is 1. The zero-order valence-electron chi connectivity index (χ0n) is 8.95. The number of nitrogens with one attached hydrogen (secondary N) is 1. The summed E-state index contributed by atoms with van der Waals surface area (Å²) in [6.45, 7) is 2.03. The largest absolute Gasteiger partial charge is 0.379 e. The summed E-state index contributed by atoms with van der Waals surface area (Å²) in [5, 5.41) is 7.25. The van der Waals surface area contributed by atoms with Crippen molar-refractivity contribution in [1.29, 1.82) is 0 Å². The standard InChI is InChI=1S/C9H14ClN3OS/c1-6(5-15-3)12-7-4-11-13(2)9(14)8(7)10/h4,6,12H,5H2,1-3H3. The van der Waals surface area contributed by atoms with E-state index in [4.69, 9.17) is 11.6 Å². The second-order valence-electron chi connectivity index (χ2n) is 3.30. The maximum absolute atomic E-state index is 11.5. The molecule has 0 aliphatic heterocycles. The van der Waals surface area contributed by atoms with E-state index in [0.29, 0.717) is 5.69 Å². The van der Waals surface area contributed by atoms with E-state index >= 15 is 0 Å². The van der Waals surface area contributed by atoms with Crippen LogP contribution in [0.4, 0.5) is 5.69 Å². The number of halogens is 1.